The maximum atomic E-state index is 9.18. The monoisotopic (exact) mass is 265 g/mol. The second kappa shape index (κ2) is 7.45. The van der Waals surface area contributed by atoms with E-state index in [-0.39, 0.29) is 17.6 Å². The van der Waals surface area contributed by atoms with Gasteiger partial charge in [0.05, 0.1) is 0 Å². The van der Waals surface area contributed by atoms with Crippen LogP contribution in [-0.4, -0.2) is 48.4 Å². The Kier molecular flexibility index (Phi) is 7.46. The molecule has 0 heterocycles. The normalized spacial score (nSPS) is 15.0. The molecule has 0 radical (unpaired) electrons. The van der Waals surface area contributed by atoms with Crippen LogP contribution >= 0.6 is 0 Å². The number of aliphatic hydroxyl groups is 1. The van der Waals surface area contributed by atoms with E-state index in [9.17, 15) is 5.11 Å². The molecule has 104 valence electrons. The summed E-state index contributed by atoms with van der Waals surface area (Å²) in [4.78, 5) is 0. The molecule has 0 saturated heterocycles. The fourth-order valence-electron chi connectivity index (χ4n) is 2.06. The zero-order valence-corrected chi connectivity index (χ0v) is 12.7. The Labute approximate surface area is 106 Å². The zero-order valence-electron chi connectivity index (χ0n) is 11.7. The smallest absolute Gasteiger partial charge is 0.396 e. The summed E-state index contributed by atoms with van der Waals surface area (Å²) in [6.07, 6.45) is 1.41. The van der Waals surface area contributed by atoms with Gasteiger partial charge in [0.1, 0.15) is 0 Å². The summed E-state index contributed by atoms with van der Waals surface area (Å²) in [5, 5.41) is 9.18. The van der Waals surface area contributed by atoms with Gasteiger partial charge in [-0.3, -0.25) is 0 Å². The van der Waals surface area contributed by atoms with Gasteiger partial charge in [-0.25, -0.2) is 0 Å². The van der Waals surface area contributed by atoms with Gasteiger partial charge in [-0.05, 0) is 24.8 Å². The van der Waals surface area contributed by atoms with Crippen LogP contribution in [-0.2, 0) is 13.3 Å². The Balaban J connectivity index is 4.92. The van der Waals surface area contributed by atoms with E-state index in [2.05, 4.69) is 13.8 Å². The predicted octanol–water partition coefficient (Wildman–Crippen LogP) is 0.992. The van der Waals surface area contributed by atoms with Gasteiger partial charge in [-0.1, -0.05) is 13.8 Å². The predicted molar refractivity (Wildman–Crippen MR) is 69.7 cm³/mol. The fraction of sp³-hybridized carbons (Fsp3) is 1.00. The molecule has 0 aliphatic carbocycles. The first kappa shape index (κ1) is 17.0. The fourth-order valence-corrected chi connectivity index (χ4v) is 4.85. The number of aliphatic hydroxyl groups excluding tert-OH is 1. The van der Waals surface area contributed by atoms with Crippen LogP contribution in [0.3, 0.4) is 0 Å². The highest BCUT2D eigenvalue weighted by atomic mass is 28.4. The van der Waals surface area contributed by atoms with Crippen LogP contribution in [0.1, 0.15) is 26.7 Å². The molecule has 6 heteroatoms. The first-order valence-corrected chi connectivity index (χ1v) is 7.68. The number of nitrogens with two attached hydrogens (primary N) is 1. The van der Waals surface area contributed by atoms with Crippen molar-refractivity contribution in [3.8, 4) is 0 Å². The van der Waals surface area contributed by atoms with Gasteiger partial charge in [-0.15, -0.1) is 0 Å². The molecule has 17 heavy (non-hydrogen) atoms. The molecule has 0 amide bonds. The zero-order chi connectivity index (χ0) is 13.5. The van der Waals surface area contributed by atoms with Crippen molar-refractivity contribution in [2.45, 2.75) is 32.2 Å². The highest BCUT2D eigenvalue weighted by Gasteiger charge is 2.48. The third-order valence-electron chi connectivity index (χ3n) is 3.18. The van der Waals surface area contributed by atoms with Gasteiger partial charge in [0, 0.05) is 33.5 Å². The van der Waals surface area contributed by atoms with Crippen LogP contribution in [0.5, 0.6) is 0 Å². The van der Waals surface area contributed by atoms with Crippen molar-refractivity contribution < 1.29 is 18.4 Å². The van der Waals surface area contributed by atoms with Crippen molar-refractivity contribution in [1.82, 2.24) is 0 Å². The Bertz CT molecular complexity index is 201. The molecule has 0 bridgehead atoms. The molecule has 0 aliphatic rings. The van der Waals surface area contributed by atoms with Gasteiger partial charge >= 0.3 is 8.80 Å². The van der Waals surface area contributed by atoms with Crippen molar-refractivity contribution in [1.29, 1.82) is 0 Å². The highest BCUT2D eigenvalue weighted by Crippen LogP contribution is 2.37. The summed E-state index contributed by atoms with van der Waals surface area (Å²) in [6, 6.07) is 0. The molecule has 0 aliphatic heterocycles. The van der Waals surface area contributed by atoms with E-state index >= 15 is 0 Å². The van der Waals surface area contributed by atoms with E-state index in [0.29, 0.717) is 13.0 Å². The molecule has 3 N–H and O–H groups in total. The molecule has 0 rings (SSSR count). The van der Waals surface area contributed by atoms with Gasteiger partial charge in [-0.2, -0.15) is 0 Å². The average molecular weight is 265 g/mol. The second-order valence-corrected chi connectivity index (χ2v) is 8.25. The number of hydrogen-bond acceptors (Lipinski definition) is 5. The minimum absolute atomic E-state index is 0.0202. The summed E-state index contributed by atoms with van der Waals surface area (Å²) >= 11 is 0. The van der Waals surface area contributed by atoms with E-state index < -0.39 is 8.80 Å². The first-order chi connectivity index (χ1) is 7.91. The summed E-state index contributed by atoms with van der Waals surface area (Å²) in [7, 11) is 2.08. The maximum absolute atomic E-state index is 9.18. The van der Waals surface area contributed by atoms with Gasteiger partial charge < -0.3 is 24.1 Å². The quantitative estimate of drug-likeness (QED) is 0.608. The van der Waals surface area contributed by atoms with E-state index in [1.54, 1.807) is 21.3 Å². The lowest BCUT2D eigenvalue weighted by Gasteiger charge is -2.36. The van der Waals surface area contributed by atoms with Crippen molar-refractivity contribution in [3.63, 3.8) is 0 Å². The molecule has 1 atom stereocenters. The largest absolute Gasteiger partial charge is 0.503 e. The Morgan fingerprint density at radius 2 is 1.65 bits per heavy atom. The molecule has 1 unspecified atom stereocenters. The number of rotatable bonds is 9. The summed E-state index contributed by atoms with van der Waals surface area (Å²) in [5.74, 6) is 0. The van der Waals surface area contributed by atoms with E-state index in [1.165, 1.54) is 0 Å². The second-order valence-electron chi connectivity index (χ2n) is 5.00. The molecule has 0 fully saturated rings. The third kappa shape index (κ3) is 4.65. The average Bonchev–Trinajstić information content (AvgIpc) is 2.32. The highest BCUT2D eigenvalue weighted by molar-refractivity contribution is 6.62. The summed E-state index contributed by atoms with van der Waals surface area (Å²) in [6.45, 7) is 4.86. The summed E-state index contributed by atoms with van der Waals surface area (Å²) in [5.41, 5.74) is 5.79. The van der Waals surface area contributed by atoms with Crippen molar-refractivity contribution >= 4 is 8.80 Å². The molecule has 0 saturated carbocycles. The Hall–Kier alpha value is 0.0169. The lowest BCUT2D eigenvalue weighted by molar-refractivity contribution is 0.0961. The van der Waals surface area contributed by atoms with Crippen LogP contribution in [0.2, 0.25) is 5.54 Å². The van der Waals surface area contributed by atoms with Crippen LogP contribution in [0.4, 0.5) is 0 Å². The standard InChI is InChI=1S/C11H27NO4Si/c1-11(2,9-12)8-10(6-7-13)17(14-3,15-4)16-5/h10,13H,6-9,12H2,1-5H3. The molecule has 0 aromatic carbocycles. The van der Waals surface area contributed by atoms with Gasteiger partial charge in [0.15, 0.2) is 0 Å². The minimum Gasteiger partial charge on any atom is -0.396 e. The lowest BCUT2D eigenvalue weighted by Crippen LogP contribution is -2.49. The van der Waals surface area contributed by atoms with Crippen molar-refractivity contribution in [3.05, 3.63) is 0 Å². The third-order valence-corrected chi connectivity index (χ3v) is 6.38. The molecular formula is C11H27NO4Si. The SMILES string of the molecule is CO[Si](OC)(OC)C(CCO)CC(C)(C)CN. The molecule has 5 nitrogen and oxygen atoms in total. The Morgan fingerprint density at radius 1 is 1.18 bits per heavy atom. The van der Waals surface area contributed by atoms with E-state index in [1.807, 2.05) is 0 Å². The Morgan fingerprint density at radius 3 is 1.94 bits per heavy atom. The molecule has 0 aromatic heterocycles. The minimum atomic E-state index is -2.71. The maximum Gasteiger partial charge on any atom is 0.503 e. The van der Waals surface area contributed by atoms with E-state index in [4.69, 9.17) is 19.0 Å². The molecule has 0 spiro atoms. The van der Waals surface area contributed by atoms with Gasteiger partial charge in [0.25, 0.3) is 0 Å². The van der Waals surface area contributed by atoms with Crippen LogP contribution in [0, 0.1) is 5.41 Å². The van der Waals surface area contributed by atoms with Crippen LogP contribution in [0.15, 0.2) is 0 Å². The summed E-state index contributed by atoms with van der Waals surface area (Å²) < 4.78 is 16.5. The van der Waals surface area contributed by atoms with Gasteiger partial charge in [0.2, 0.25) is 0 Å². The van der Waals surface area contributed by atoms with Crippen LogP contribution < -0.4 is 5.73 Å². The topological polar surface area (TPSA) is 73.9 Å². The van der Waals surface area contributed by atoms with Crippen molar-refractivity contribution in [2.24, 2.45) is 11.1 Å². The van der Waals surface area contributed by atoms with Crippen LogP contribution in [0.25, 0.3) is 0 Å². The molecular weight excluding hydrogens is 238 g/mol. The first-order valence-electron chi connectivity index (χ1n) is 5.87. The molecule has 0 aromatic rings. The van der Waals surface area contributed by atoms with Crippen molar-refractivity contribution in [2.75, 3.05) is 34.5 Å². The number of hydrogen-bond donors (Lipinski definition) is 2. The lowest BCUT2D eigenvalue weighted by atomic mass is 9.87. The van der Waals surface area contributed by atoms with E-state index in [0.717, 1.165) is 6.42 Å².